The summed E-state index contributed by atoms with van der Waals surface area (Å²) in [7, 11) is 1.56. The fraction of sp³-hybridized carbons (Fsp3) is 0.529. The van der Waals surface area contributed by atoms with E-state index in [1.54, 1.807) is 30.2 Å². The summed E-state index contributed by atoms with van der Waals surface area (Å²) in [5, 5.41) is 3.82. The third-order valence-electron chi connectivity index (χ3n) is 4.56. The maximum absolute atomic E-state index is 12.8. The summed E-state index contributed by atoms with van der Waals surface area (Å²) in [6.07, 6.45) is 1.18. The van der Waals surface area contributed by atoms with Gasteiger partial charge in [-0.15, -0.1) is 12.4 Å². The topological polar surface area (TPSA) is 61.9 Å². The number of halogens is 2. The van der Waals surface area contributed by atoms with Crippen molar-refractivity contribution in [2.75, 3.05) is 44.7 Å². The van der Waals surface area contributed by atoms with Gasteiger partial charge in [0.1, 0.15) is 5.75 Å². The molecule has 6 nitrogen and oxygen atoms in total. The molecule has 1 N–H and O–H groups in total. The molecular weight excluding hydrogens is 365 g/mol. The Labute approximate surface area is 158 Å². The summed E-state index contributed by atoms with van der Waals surface area (Å²) < 4.78 is 5.33. The zero-order chi connectivity index (χ0) is 17.1. The second-order valence-corrected chi connectivity index (χ2v) is 6.59. The van der Waals surface area contributed by atoms with Gasteiger partial charge in [0.25, 0.3) is 0 Å². The van der Waals surface area contributed by atoms with Gasteiger partial charge in [0.15, 0.2) is 0 Å². The van der Waals surface area contributed by atoms with Crippen molar-refractivity contribution in [3.8, 4) is 5.75 Å². The first-order chi connectivity index (χ1) is 11.6. The molecule has 2 aliphatic heterocycles. The van der Waals surface area contributed by atoms with Gasteiger partial charge in [0.05, 0.1) is 18.7 Å². The Morgan fingerprint density at radius 3 is 2.88 bits per heavy atom. The Morgan fingerprint density at radius 2 is 2.12 bits per heavy atom. The summed E-state index contributed by atoms with van der Waals surface area (Å²) in [5.74, 6) is 0.275. The van der Waals surface area contributed by atoms with E-state index in [-0.39, 0.29) is 36.6 Å². The van der Waals surface area contributed by atoms with E-state index in [1.807, 2.05) is 4.90 Å². The number of carbonyl (C=O) groups is 2. The van der Waals surface area contributed by atoms with Crippen LogP contribution < -0.4 is 15.0 Å². The lowest BCUT2D eigenvalue weighted by atomic mass is 10.1. The Hall–Kier alpha value is -1.50. The maximum atomic E-state index is 12.8. The standard InChI is InChI=1S/C17H22ClN3O3.ClH/c1-24-15-4-3-13(18)10-14(15)21-11-12(9-16(21)22)17(23)20-7-2-5-19-6-8-20;/h3-4,10,12,19H,2,5-9,11H2,1H3;1H. The van der Waals surface area contributed by atoms with E-state index in [4.69, 9.17) is 16.3 Å². The Kier molecular flexibility index (Phi) is 6.93. The Morgan fingerprint density at radius 1 is 1.32 bits per heavy atom. The molecule has 8 heteroatoms. The van der Waals surface area contributed by atoms with Crippen molar-refractivity contribution >= 4 is 41.5 Å². The highest BCUT2D eigenvalue weighted by Crippen LogP contribution is 2.35. The quantitative estimate of drug-likeness (QED) is 0.860. The molecule has 0 aliphatic carbocycles. The van der Waals surface area contributed by atoms with Crippen molar-refractivity contribution in [2.45, 2.75) is 12.8 Å². The molecule has 2 saturated heterocycles. The van der Waals surface area contributed by atoms with Crippen molar-refractivity contribution in [2.24, 2.45) is 5.92 Å². The minimum Gasteiger partial charge on any atom is -0.495 e. The fourth-order valence-corrected chi connectivity index (χ4v) is 3.47. The molecule has 2 amide bonds. The second-order valence-electron chi connectivity index (χ2n) is 6.15. The van der Waals surface area contributed by atoms with Crippen LogP contribution in [0.3, 0.4) is 0 Å². The number of hydrogen-bond acceptors (Lipinski definition) is 4. The summed E-state index contributed by atoms with van der Waals surface area (Å²) in [5.41, 5.74) is 0.628. The first-order valence-electron chi connectivity index (χ1n) is 8.23. The third-order valence-corrected chi connectivity index (χ3v) is 4.79. The average molecular weight is 388 g/mol. The number of rotatable bonds is 3. The van der Waals surface area contributed by atoms with Crippen LogP contribution in [0.4, 0.5) is 5.69 Å². The van der Waals surface area contributed by atoms with E-state index in [0.717, 1.165) is 26.1 Å². The number of nitrogens with zero attached hydrogens (tertiary/aromatic N) is 2. The van der Waals surface area contributed by atoms with Crippen molar-refractivity contribution in [1.82, 2.24) is 10.2 Å². The molecule has 0 saturated carbocycles. The third kappa shape index (κ3) is 4.37. The van der Waals surface area contributed by atoms with Crippen LogP contribution >= 0.6 is 24.0 Å². The molecule has 1 aromatic carbocycles. The molecule has 0 bridgehead atoms. The molecule has 1 atom stereocenters. The van der Waals surface area contributed by atoms with Gasteiger partial charge in [-0.1, -0.05) is 11.6 Å². The number of nitrogens with one attached hydrogen (secondary N) is 1. The lowest BCUT2D eigenvalue weighted by Gasteiger charge is -2.24. The van der Waals surface area contributed by atoms with Crippen molar-refractivity contribution < 1.29 is 14.3 Å². The lowest BCUT2D eigenvalue weighted by Crippen LogP contribution is -2.39. The molecule has 1 unspecified atom stereocenters. The van der Waals surface area contributed by atoms with Crippen molar-refractivity contribution in [3.63, 3.8) is 0 Å². The molecule has 2 aliphatic rings. The first-order valence-corrected chi connectivity index (χ1v) is 8.61. The molecule has 0 spiro atoms. The SMILES string of the molecule is COc1ccc(Cl)cc1N1CC(C(=O)N2CCCNCC2)CC1=O.Cl. The number of ether oxygens (including phenoxy) is 1. The number of carbonyl (C=O) groups excluding carboxylic acids is 2. The predicted octanol–water partition coefficient (Wildman–Crippen LogP) is 1.95. The Bertz CT molecular complexity index is 634. The van der Waals surface area contributed by atoms with Gasteiger partial charge in [0.2, 0.25) is 11.8 Å². The molecule has 2 fully saturated rings. The summed E-state index contributed by atoms with van der Waals surface area (Å²) in [4.78, 5) is 28.7. The highest BCUT2D eigenvalue weighted by Gasteiger charge is 2.38. The van der Waals surface area contributed by atoms with E-state index in [1.165, 1.54) is 0 Å². The summed E-state index contributed by atoms with van der Waals surface area (Å²) >= 11 is 6.06. The van der Waals surface area contributed by atoms with Crippen LogP contribution in [0.25, 0.3) is 0 Å². The van der Waals surface area contributed by atoms with Crippen LogP contribution in [0.1, 0.15) is 12.8 Å². The average Bonchev–Trinajstić information content (AvgIpc) is 2.79. The zero-order valence-corrected chi connectivity index (χ0v) is 15.7. The minimum absolute atomic E-state index is 0. The highest BCUT2D eigenvalue weighted by molar-refractivity contribution is 6.31. The minimum atomic E-state index is -0.306. The van der Waals surface area contributed by atoms with E-state index >= 15 is 0 Å². The molecule has 25 heavy (non-hydrogen) atoms. The summed E-state index contributed by atoms with van der Waals surface area (Å²) in [6, 6.07) is 5.17. The molecule has 1 aromatic rings. The van der Waals surface area contributed by atoms with Gasteiger partial charge in [-0.25, -0.2) is 0 Å². The van der Waals surface area contributed by atoms with E-state index in [2.05, 4.69) is 5.32 Å². The smallest absolute Gasteiger partial charge is 0.228 e. The predicted molar refractivity (Wildman–Crippen MR) is 99.8 cm³/mol. The lowest BCUT2D eigenvalue weighted by molar-refractivity contribution is -0.135. The molecule has 0 radical (unpaired) electrons. The monoisotopic (exact) mass is 387 g/mol. The van der Waals surface area contributed by atoms with Crippen LogP contribution in [-0.4, -0.2) is 56.5 Å². The van der Waals surface area contributed by atoms with Gasteiger partial charge in [-0.05, 0) is 31.2 Å². The van der Waals surface area contributed by atoms with Crippen LogP contribution in [0.2, 0.25) is 5.02 Å². The van der Waals surface area contributed by atoms with Crippen LogP contribution in [0.15, 0.2) is 18.2 Å². The largest absolute Gasteiger partial charge is 0.495 e. The van der Waals surface area contributed by atoms with E-state index < -0.39 is 0 Å². The number of methoxy groups -OCH3 is 1. The molecule has 3 rings (SSSR count). The number of benzene rings is 1. The molecule has 2 heterocycles. The zero-order valence-electron chi connectivity index (χ0n) is 14.2. The Balaban J connectivity index is 0.00000225. The van der Waals surface area contributed by atoms with Gasteiger partial charge < -0.3 is 19.9 Å². The molecule has 0 aromatic heterocycles. The van der Waals surface area contributed by atoms with Crippen LogP contribution in [-0.2, 0) is 9.59 Å². The fourth-order valence-electron chi connectivity index (χ4n) is 3.30. The number of anilines is 1. The van der Waals surface area contributed by atoms with Gasteiger partial charge in [-0.3, -0.25) is 9.59 Å². The van der Waals surface area contributed by atoms with E-state index in [0.29, 0.717) is 29.5 Å². The first kappa shape index (κ1) is 19.8. The van der Waals surface area contributed by atoms with Gasteiger partial charge in [-0.2, -0.15) is 0 Å². The number of hydrogen-bond donors (Lipinski definition) is 1. The maximum Gasteiger partial charge on any atom is 0.228 e. The van der Waals surface area contributed by atoms with Gasteiger partial charge in [0, 0.05) is 37.6 Å². The highest BCUT2D eigenvalue weighted by atomic mass is 35.5. The van der Waals surface area contributed by atoms with E-state index in [9.17, 15) is 9.59 Å². The van der Waals surface area contributed by atoms with Crippen molar-refractivity contribution in [3.05, 3.63) is 23.2 Å². The summed E-state index contributed by atoms with van der Waals surface area (Å²) in [6.45, 7) is 3.55. The molecule has 138 valence electrons. The second kappa shape index (κ2) is 8.74. The molecular formula is C17H23Cl2N3O3. The normalized spacial score (nSPS) is 20.9. The van der Waals surface area contributed by atoms with Crippen LogP contribution in [0.5, 0.6) is 5.75 Å². The van der Waals surface area contributed by atoms with Crippen molar-refractivity contribution in [1.29, 1.82) is 0 Å². The number of amides is 2. The van der Waals surface area contributed by atoms with Crippen LogP contribution in [0, 0.1) is 5.92 Å². The van der Waals surface area contributed by atoms with Gasteiger partial charge >= 0.3 is 0 Å².